The molecule has 1 aliphatic rings. The molecule has 1 aromatic rings. The van der Waals surface area contributed by atoms with Crippen molar-refractivity contribution in [2.75, 3.05) is 39.8 Å². The lowest BCUT2D eigenvalue weighted by molar-refractivity contribution is -0.155. The van der Waals surface area contributed by atoms with Crippen molar-refractivity contribution in [1.29, 1.82) is 0 Å². The van der Waals surface area contributed by atoms with E-state index >= 15 is 0 Å². The number of hydrogen-bond acceptors (Lipinski definition) is 4. The smallest absolute Gasteiger partial charge is 0.391 e. The van der Waals surface area contributed by atoms with Gasteiger partial charge < -0.3 is 14.7 Å². The molecule has 0 spiro atoms. The summed E-state index contributed by atoms with van der Waals surface area (Å²) >= 11 is 0. The van der Waals surface area contributed by atoms with Crippen LogP contribution < -0.4 is 4.74 Å². The Morgan fingerprint density at radius 3 is 2.29 bits per heavy atom. The Bertz CT molecular complexity index is 540. The van der Waals surface area contributed by atoms with E-state index in [2.05, 4.69) is 0 Å². The summed E-state index contributed by atoms with van der Waals surface area (Å²) in [5, 5.41) is 9.49. The fraction of sp³-hybridized carbons (Fsp3) is 0.562. The quantitative estimate of drug-likeness (QED) is 0.883. The van der Waals surface area contributed by atoms with Gasteiger partial charge in [-0.1, -0.05) is 0 Å². The van der Waals surface area contributed by atoms with Crippen molar-refractivity contribution < 1.29 is 27.8 Å². The van der Waals surface area contributed by atoms with E-state index in [4.69, 9.17) is 4.74 Å². The average Bonchev–Trinajstić information content (AvgIpc) is 2.53. The SMILES string of the molecule is COc1ccc(C(=O)N2CCN(CC(O)CC(F)(F)F)CC2)cc1. The summed E-state index contributed by atoms with van der Waals surface area (Å²) in [4.78, 5) is 15.8. The molecule has 0 aromatic heterocycles. The van der Waals surface area contributed by atoms with Gasteiger partial charge in [0.25, 0.3) is 5.91 Å². The molecule has 8 heteroatoms. The number of piperazine rings is 1. The lowest BCUT2D eigenvalue weighted by Crippen LogP contribution is -2.50. The molecule has 0 aliphatic carbocycles. The predicted molar refractivity (Wildman–Crippen MR) is 82.0 cm³/mol. The van der Waals surface area contributed by atoms with E-state index in [0.29, 0.717) is 37.5 Å². The highest BCUT2D eigenvalue weighted by Gasteiger charge is 2.32. The molecular weight excluding hydrogens is 325 g/mol. The summed E-state index contributed by atoms with van der Waals surface area (Å²) in [6.45, 7) is 1.69. The minimum atomic E-state index is -4.37. The van der Waals surface area contributed by atoms with Gasteiger partial charge in [0, 0.05) is 38.3 Å². The number of benzene rings is 1. The van der Waals surface area contributed by atoms with Crippen molar-refractivity contribution in [1.82, 2.24) is 9.80 Å². The van der Waals surface area contributed by atoms with Crippen LogP contribution in [-0.2, 0) is 0 Å². The van der Waals surface area contributed by atoms with Gasteiger partial charge in [0.05, 0.1) is 19.6 Å². The number of hydrogen-bond donors (Lipinski definition) is 1. The molecule has 1 fully saturated rings. The standard InChI is InChI=1S/C16H21F3N2O3/c1-24-14-4-2-12(3-5-14)15(23)21-8-6-20(7-9-21)11-13(22)10-16(17,18)19/h2-5,13,22H,6-11H2,1H3. The van der Waals surface area contributed by atoms with Crippen LogP contribution in [0.15, 0.2) is 24.3 Å². The second-order valence-electron chi connectivity index (χ2n) is 5.79. The van der Waals surface area contributed by atoms with Crippen LogP contribution in [0.2, 0.25) is 0 Å². The summed E-state index contributed by atoms with van der Waals surface area (Å²) in [5.74, 6) is 0.545. The summed E-state index contributed by atoms with van der Waals surface area (Å²) in [5.41, 5.74) is 0.543. The average molecular weight is 346 g/mol. The molecule has 5 nitrogen and oxygen atoms in total. The van der Waals surface area contributed by atoms with Gasteiger partial charge in [-0.3, -0.25) is 9.69 Å². The normalized spacial score (nSPS) is 17.6. The first-order chi connectivity index (χ1) is 11.3. The van der Waals surface area contributed by atoms with E-state index in [-0.39, 0.29) is 12.5 Å². The van der Waals surface area contributed by atoms with Crippen LogP contribution in [-0.4, -0.2) is 72.9 Å². The molecule has 1 aliphatic heterocycles. The molecule has 1 saturated heterocycles. The number of carbonyl (C=O) groups excluding carboxylic acids is 1. The number of β-amino-alcohol motifs (C(OH)–C–C–N with tert-alkyl or cyclic N) is 1. The highest BCUT2D eigenvalue weighted by Crippen LogP contribution is 2.22. The molecule has 2 rings (SSSR count). The molecule has 1 amide bonds. The summed E-state index contributed by atoms with van der Waals surface area (Å²) in [6, 6.07) is 6.77. The zero-order valence-electron chi connectivity index (χ0n) is 13.4. The summed E-state index contributed by atoms with van der Waals surface area (Å²) in [7, 11) is 1.54. The van der Waals surface area contributed by atoms with E-state index < -0.39 is 18.7 Å². The second kappa shape index (κ2) is 7.85. The molecule has 1 aromatic carbocycles. The molecule has 0 saturated carbocycles. The summed E-state index contributed by atoms with van der Waals surface area (Å²) < 4.78 is 41.7. The minimum absolute atomic E-state index is 0.0376. The second-order valence-corrected chi connectivity index (χ2v) is 5.79. The third kappa shape index (κ3) is 5.38. The highest BCUT2D eigenvalue weighted by atomic mass is 19.4. The Balaban J connectivity index is 1.82. The fourth-order valence-electron chi connectivity index (χ4n) is 2.68. The van der Waals surface area contributed by atoms with Crippen molar-refractivity contribution in [3.05, 3.63) is 29.8 Å². The Labute approximate surface area is 138 Å². The maximum Gasteiger partial charge on any atom is 0.391 e. The number of carbonyl (C=O) groups is 1. The predicted octanol–water partition coefficient (Wildman–Crippen LogP) is 1.77. The molecule has 0 bridgehead atoms. The van der Waals surface area contributed by atoms with Crippen LogP contribution in [0.4, 0.5) is 13.2 Å². The number of halogens is 3. The minimum Gasteiger partial charge on any atom is -0.497 e. The van der Waals surface area contributed by atoms with Gasteiger partial charge in [0.2, 0.25) is 0 Å². The Hall–Kier alpha value is -1.80. The van der Waals surface area contributed by atoms with Gasteiger partial charge in [-0.2, -0.15) is 13.2 Å². The molecule has 1 unspecified atom stereocenters. The van der Waals surface area contributed by atoms with Crippen molar-refractivity contribution in [3.63, 3.8) is 0 Å². The first-order valence-electron chi connectivity index (χ1n) is 7.69. The van der Waals surface area contributed by atoms with E-state index in [1.807, 2.05) is 0 Å². The van der Waals surface area contributed by atoms with Crippen molar-refractivity contribution in [2.45, 2.75) is 18.7 Å². The number of aliphatic hydroxyl groups excluding tert-OH is 1. The van der Waals surface area contributed by atoms with Gasteiger partial charge in [0.1, 0.15) is 5.75 Å². The van der Waals surface area contributed by atoms with Crippen molar-refractivity contribution >= 4 is 5.91 Å². The molecule has 0 radical (unpaired) electrons. The van der Waals surface area contributed by atoms with Gasteiger partial charge in [-0.25, -0.2) is 0 Å². The third-order valence-corrected chi connectivity index (χ3v) is 3.93. The Morgan fingerprint density at radius 1 is 1.21 bits per heavy atom. The van der Waals surface area contributed by atoms with Crippen LogP contribution in [0.3, 0.4) is 0 Å². The first kappa shape index (κ1) is 18.5. The van der Waals surface area contributed by atoms with E-state index in [1.165, 1.54) is 0 Å². The van der Waals surface area contributed by atoms with E-state index in [0.717, 1.165) is 0 Å². The zero-order valence-corrected chi connectivity index (χ0v) is 13.4. The van der Waals surface area contributed by atoms with Gasteiger partial charge in [-0.05, 0) is 24.3 Å². The summed E-state index contributed by atoms with van der Waals surface area (Å²) in [6.07, 6.45) is -7.02. The van der Waals surface area contributed by atoms with E-state index in [9.17, 15) is 23.1 Å². The van der Waals surface area contributed by atoms with Crippen molar-refractivity contribution in [3.8, 4) is 5.75 Å². The number of ether oxygens (including phenoxy) is 1. The number of alkyl halides is 3. The monoisotopic (exact) mass is 346 g/mol. The maximum absolute atomic E-state index is 12.4. The molecule has 24 heavy (non-hydrogen) atoms. The van der Waals surface area contributed by atoms with Crippen LogP contribution in [0.25, 0.3) is 0 Å². The van der Waals surface area contributed by atoms with Crippen LogP contribution >= 0.6 is 0 Å². The molecular formula is C16H21F3N2O3. The van der Waals surface area contributed by atoms with Gasteiger partial charge in [0.15, 0.2) is 0 Å². The van der Waals surface area contributed by atoms with Gasteiger partial charge in [-0.15, -0.1) is 0 Å². The molecule has 1 heterocycles. The van der Waals surface area contributed by atoms with Crippen LogP contribution in [0, 0.1) is 0 Å². The lowest BCUT2D eigenvalue weighted by Gasteiger charge is -2.35. The Kier molecular flexibility index (Phi) is 6.06. The van der Waals surface area contributed by atoms with Crippen LogP contribution in [0.1, 0.15) is 16.8 Å². The topological polar surface area (TPSA) is 53.0 Å². The number of rotatable bonds is 5. The number of aliphatic hydroxyl groups is 1. The van der Waals surface area contributed by atoms with E-state index in [1.54, 1.807) is 41.2 Å². The lowest BCUT2D eigenvalue weighted by atomic mass is 10.1. The Morgan fingerprint density at radius 2 is 1.79 bits per heavy atom. The third-order valence-electron chi connectivity index (χ3n) is 3.93. The molecule has 1 atom stereocenters. The van der Waals surface area contributed by atoms with Crippen molar-refractivity contribution in [2.24, 2.45) is 0 Å². The van der Waals surface area contributed by atoms with Gasteiger partial charge >= 0.3 is 6.18 Å². The highest BCUT2D eigenvalue weighted by molar-refractivity contribution is 5.94. The van der Waals surface area contributed by atoms with Crippen LogP contribution in [0.5, 0.6) is 5.75 Å². The molecule has 1 N–H and O–H groups in total. The largest absolute Gasteiger partial charge is 0.497 e. The maximum atomic E-state index is 12.4. The fourth-order valence-corrected chi connectivity index (χ4v) is 2.68. The first-order valence-corrected chi connectivity index (χ1v) is 7.69. The zero-order chi connectivity index (χ0) is 17.7. The number of amides is 1. The number of methoxy groups -OCH3 is 1. The molecule has 134 valence electrons. The number of nitrogens with zero attached hydrogens (tertiary/aromatic N) is 2.